The highest BCUT2D eigenvalue weighted by atomic mass is 16.5. The Labute approximate surface area is 214 Å². The molecule has 1 fully saturated rings. The molecular weight excluding hydrogens is 472 g/mol. The second-order valence-electron chi connectivity index (χ2n) is 8.88. The number of carbonyl (C=O) groups excluding carboxylic acids is 3. The van der Waals surface area contributed by atoms with Crippen molar-refractivity contribution in [2.45, 2.75) is 32.2 Å². The van der Waals surface area contributed by atoms with Crippen molar-refractivity contribution in [3.05, 3.63) is 94.8 Å². The summed E-state index contributed by atoms with van der Waals surface area (Å²) in [5, 5.41) is 11.4. The molecule has 8 nitrogen and oxygen atoms in total. The fourth-order valence-corrected chi connectivity index (χ4v) is 4.64. The maximum Gasteiger partial charge on any atom is 0.338 e. The molecule has 1 atom stereocenters. The van der Waals surface area contributed by atoms with Gasteiger partial charge in [-0.1, -0.05) is 19.1 Å². The third-order valence-corrected chi connectivity index (χ3v) is 6.39. The summed E-state index contributed by atoms with van der Waals surface area (Å²) in [5.41, 5.74) is 2.25. The minimum Gasteiger partial charge on any atom is -0.507 e. The monoisotopic (exact) mass is 498 g/mol. The molecule has 37 heavy (non-hydrogen) atoms. The molecule has 8 heteroatoms. The van der Waals surface area contributed by atoms with E-state index in [4.69, 9.17) is 9.47 Å². The van der Waals surface area contributed by atoms with E-state index in [1.165, 1.54) is 11.0 Å². The number of nitrogens with zero attached hydrogens (tertiary/aromatic N) is 2. The van der Waals surface area contributed by atoms with Gasteiger partial charge in [0.1, 0.15) is 17.6 Å². The first kappa shape index (κ1) is 24.2. The van der Waals surface area contributed by atoms with Crippen molar-refractivity contribution in [3.63, 3.8) is 0 Å². The third kappa shape index (κ3) is 4.58. The van der Waals surface area contributed by atoms with Gasteiger partial charge in [0.05, 0.1) is 30.0 Å². The van der Waals surface area contributed by atoms with Gasteiger partial charge < -0.3 is 14.6 Å². The Morgan fingerprint density at radius 1 is 1.11 bits per heavy atom. The highest BCUT2D eigenvalue weighted by molar-refractivity contribution is 6.51. The number of carbonyl (C=O) groups is 3. The Balaban J connectivity index is 1.62. The summed E-state index contributed by atoms with van der Waals surface area (Å²) in [7, 11) is 0. The normalized spacial score (nSPS) is 18.3. The van der Waals surface area contributed by atoms with E-state index in [9.17, 15) is 19.5 Å². The van der Waals surface area contributed by atoms with Gasteiger partial charge in [-0.15, -0.1) is 0 Å². The number of Topliss-reactive ketones (excluding diaryl/α,β-unsaturated/α-hetero) is 1. The highest BCUT2D eigenvalue weighted by Crippen LogP contribution is 2.42. The Morgan fingerprint density at radius 2 is 1.97 bits per heavy atom. The van der Waals surface area contributed by atoms with E-state index in [0.29, 0.717) is 30.0 Å². The number of ketones is 1. The van der Waals surface area contributed by atoms with Gasteiger partial charge in [0.25, 0.3) is 11.7 Å². The molecule has 0 radical (unpaired) electrons. The van der Waals surface area contributed by atoms with Crippen molar-refractivity contribution in [2.24, 2.45) is 0 Å². The minimum absolute atomic E-state index is 0.0701. The Kier molecular flexibility index (Phi) is 6.72. The van der Waals surface area contributed by atoms with Crippen molar-refractivity contribution >= 4 is 29.1 Å². The fourth-order valence-electron chi connectivity index (χ4n) is 4.64. The summed E-state index contributed by atoms with van der Waals surface area (Å²) in [6.45, 7) is 2.80. The second-order valence-corrected chi connectivity index (χ2v) is 8.88. The molecule has 3 heterocycles. The first-order chi connectivity index (χ1) is 18.0. The topological polar surface area (TPSA) is 106 Å². The number of rotatable bonds is 6. The van der Waals surface area contributed by atoms with Crippen LogP contribution >= 0.6 is 0 Å². The van der Waals surface area contributed by atoms with Crippen LogP contribution in [0.4, 0.5) is 5.69 Å². The molecule has 1 unspecified atom stereocenters. The predicted octanol–water partition coefficient (Wildman–Crippen LogP) is 4.60. The number of amides is 1. The van der Waals surface area contributed by atoms with Gasteiger partial charge in [0.15, 0.2) is 0 Å². The molecule has 2 aliphatic rings. The molecule has 1 aromatic heterocycles. The molecule has 3 aromatic rings. The van der Waals surface area contributed by atoms with Gasteiger partial charge in [-0.2, -0.15) is 0 Å². The van der Waals surface area contributed by atoms with E-state index in [2.05, 4.69) is 4.98 Å². The second kappa shape index (κ2) is 10.3. The van der Waals surface area contributed by atoms with Gasteiger partial charge in [0.2, 0.25) is 0 Å². The Bertz CT molecular complexity index is 1400. The summed E-state index contributed by atoms with van der Waals surface area (Å²) in [5.74, 6) is -1.72. The van der Waals surface area contributed by atoms with Gasteiger partial charge in [-0.05, 0) is 73.4 Å². The molecule has 1 saturated heterocycles. The molecule has 0 saturated carbocycles. The minimum atomic E-state index is -0.990. The van der Waals surface area contributed by atoms with Gasteiger partial charge in [0, 0.05) is 17.4 Å². The van der Waals surface area contributed by atoms with Crippen molar-refractivity contribution in [1.29, 1.82) is 0 Å². The number of aryl methyl sites for hydroxylation is 1. The number of hydrogen-bond acceptors (Lipinski definition) is 7. The molecule has 0 bridgehead atoms. The average molecular weight is 499 g/mol. The first-order valence-corrected chi connectivity index (χ1v) is 12.2. The van der Waals surface area contributed by atoms with E-state index in [0.717, 1.165) is 24.2 Å². The summed E-state index contributed by atoms with van der Waals surface area (Å²) in [6.07, 6.45) is 3.88. The zero-order valence-electron chi connectivity index (χ0n) is 20.3. The third-order valence-electron chi connectivity index (χ3n) is 6.39. The average Bonchev–Trinajstić information content (AvgIpc) is 3.21. The number of hydrogen-bond donors (Lipinski definition) is 1. The first-order valence-electron chi connectivity index (χ1n) is 12.2. The SMILES string of the molecule is CCCOC(=O)c1cccc(N2C(=O)C(=O)/C(=C(\O)c3ccc4c(c3)CCCO4)C2c2ccccn2)c1. The number of fused-ring (bicyclic) bond motifs is 1. The maximum absolute atomic E-state index is 13.4. The van der Waals surface area contributed by atoms with Gasteiger partial charge in [-0.25, -0.2) is 4.79 Å². The molecule has 0 aliphatic carbocycles. The molecule has 1 N–H and O–H groups in total. The zero-order chi connectivity index (χ0) is 25.9. The largest absolute Gasteiger partial charge is 0.507 e. The Morgan fingerprint density at radius 3 is 2.76 bits per heavy atom. The highest BCUT2D eigenvalue weighted by Gasteiger charge is 2.47. The Hall–Kier alpha value is -4.46. The lowest BCUT2D eigenvalue weighted by molar-refractivity contribution is -0.132. The molecule has 0 spiro atoms. The number of benzene rings is 2. The van der Waals surface area contributed by atoms with Crippen molar-refractivity contribution in [3.8, 4) is 5.75 Å². The van der Waals surface area contributed by atoms with Crippen molar-refractivity contribution in [2.75, 3.05) is 18.1 Å². The van der Waals surface area contributed by atoms with Crippen LogP contribution < -0.4 is 9.64 Å². The van der Waals surface area contributed by atoms with Crippen LogP contribution in [-0.4, -0.2) is 41.0 Å². The van der Waals surface area contributed by atoms with Crippen LogP contribution in [0.3, 0.4) is 0 Å². The quantitative estimate of drug-likeness (QED) is 0.229. The summed E-state index contributed by atoms with van der Waals surface area (Å²) < 4.78 is 10.9. The standard InChI is InChI=1S/C29H26N2O6/c1-2-14-37-29(35)20-7-5-9-21(17-20)31-25(22-10-3-4-13-30-22)24(27(33)28(31)34)26(32)19-11-12-23-18(16-19)8-6-15-36-23/h3-5,7,9-13,16-17,25,32H,2,6,8,14-15H2,1H3/b26-24-. The summed E-state index contributed by atoms with van der Waals surface area (Å²) in [6, 6.07) is 15.8. The molecular formula is C29H26N2O6. The van der Waals surface area contributed by atoms with E-state index < -0.39 is 23.7 Å². The predicted molar refractivity (Wildman–Crippen MR) is 136 cm³/mol. The molecule has 1 amide bonds. The number of ether oxygens (including phenoxy) is 2. The van der Waals surface area contributed by atoms with Gasteiger partial charge >= 0.3 is 5.97 Å². The molecule has 2 aliphatic heterocycles. The van der Waals surface area contributed by atoms with Crippen molar-refractivity contribution < 1.29 is 29.0 Å². The lowest BCUT2D eigenvalue weighted by Gasteiger charge is -2.25. The summed E-state index contributed by atoms with van der Waals surface area (Å²) >= 11 is 0. The number of aliphatic hydroxyl groups is 1. The maximum atomic E-state index is 13.4. The molecule has 2 aromatic carbocycles. The number of esters is 1. The van der Waals surface area contributed by atoms with Crippen LogP contribution in [0.1, 0.15) is 53.0 Å². The molecule has 5 rings (SSSR count). The zero-order valence-corrected chi connectivity index (χ0v) is 20.3. The van der Waals surface area contributed by atoms with E-state index >= 15 is 0 Å². The van der Waals surface area contributed by atoms with Crippen LogP contribution in [0.2, 0.25) is 0 Å². The van der Waals surface area contributed by atoms with Crippen LogP contribution in [-0.2, 0) is 20.7 Å². The van der Waals surface area contributed by atoms with E-state index in [-0.39, 0.29) is 23.5 Å². The van der Waals surface area contributed by atoms with Gasteiger partial charge in [-0.3, -0.25) is 19.5 Å². The van der Waals surface area contributed by atoms with Crippen molar-refractivity contribution in [1.82, 2.24) is 4.98 Å². The van der Waals surface area contributed by atoms with E-state index in [1.54, 1.807) is 60.8 Å². The van der Waals surface area contributed by atoms with Crippen LogP contribution in [0.5, 0.6) is 5.75 Å². The molecule has 188 valence electrons. The lowest BCUT2D eigenvalue weighted by Crippen LogP contribution is -2.30. The van der Waals surface area contributed by atoms with Crippen LogP contribution in [0, 0.1) is 0 Å². The van der Waals surface area contributed by atoms with Crippen LogP contribution in [0.15, 0.2) is 72.4 Å². The lowest BCUT2D eigenvalue weighted by atomic mass is 9.96. The smallest absolute Gasteiger partial charge is 0.338 e. The number of anilines is 1. The van der Waals surface area contributed by atoms with E-state index in [1.807, 2.05) is 6.92 Å². The number of aromatic nitrogens is 1. The number of pyridine rings is 1. The number of aliphatic hydroxyl groups excluding tert-OH is 1. The van der Waals surface area contributed by atoms with Crippen LogP contribution in [0.25, 0.3) is 5.76 Å². The fraction of sp³-hybridized carbons (Fsp3) is 0.241. The summed E-state index contributed by atoms with van der Waals surface area (Å²) in [4.78, 5) is 44.9.